The molecule has 6 heteroatoms. The van der Waals surface area contributed by atoms with Crippen LogP contribution in [-0.2, 0) is 23.9 Å². The average Bonchev–Trinajstić information content (AvgIpc) is 2.97. The number of benzene rings is 1. The van der Waals surface area contributed by atoms with Crippen molar-refractivity contribution in [2.24, 2.45) is 0 Å². The fourth-order valence-corrected chi connectivity index (χ4v) is 5.08. The zero-order valence-corrected chi connectivity index (χ0v) is 26.4. The number of unbranched alkanes of at least 4 members (excludes halogenated alkanes) is 16. The van der Waals surface area contributed by atoms with Crippen LogP contribution in [0.15, 0.2) is 30.3 Å². The van der Waals surface area contributed by atoms with Crippen LogP contribution in [0.1, 0.15) is 161 Å². The van der Waals surface area contributed by atoms with Crippen molar-refractivity contribution in [3.8, 4) is 0 Å². The van der Waals surface area contributed by atoms with E-state index >= 15 is 0 Å². The molecule has 0 aromatic heterocycles. The topological polar surface area (TPSA) is 81.7 Å². The van der Waals surface area contributed by atoms with Gasteiger partial charge >= 0.3 is 11.9 Å². The van der Waals surface area contributed by atoms with E-state index in [0.29, 0.717) is 18.4 Å². The highest BCUT2D eigenvalue weighted by Crippen LogP contribution is 2.24. The molecule has 0 heterocycles. The Kier molecular flexibility index (Phi) is 22.7. The lowest BCUT2D eigenvalue weighted by Crippen LogP contribution is -2.47. The van der Waals surface area contributed by atoms with Gasteiger partial charge in [0.15, 0.2) is 12.1 Å². The van der Waals surface area contributed by atoms with Crippen LogP contribution in [0.3, 0.4) is 0 Å². The van der Waals surface area contributed by atoms with Crippen LogP contribution in [-0.4, -0.2) is 30.5 Å². The highest BCUT2D eigenvalue weighted by atomic mass is 16.6. The first kappa shape index (κ1) is 36.7. The summed E-state index contributed by atoms with van der Waals surface area (Å²) < 4.78 is 11.2. The first-order chi connectivity index (χ1) is 20.0. The van der Waals surface area contributed by atoms with Gasteiger partial charge in [-0.15, -0.1) is 0 Å². The molecule has 41 heavy (non-hydrogen) atoms. The molecule has 1 aromatic rings. The molecule has 0 spiro atoms. The average molecular weight is 574 g/mol. The fraction of sp³-hybridized carbons (Fsp3) is 0.743. The second-order valence-electron chi connectivity index (χ2n) is 11.3. The lowest BCUT2D eigenvalue weighted by atomic mass is 10.0. The monoisotopic (exact) mass is 573 g/mol. The van der Waals surface area contributed by atoms with Crippen molar-refractivity contribution in [3.63, 3.8) is 0 Å². The molecule has 0 unspecified atom stereocenters. The summed E-state index contributed by atoms with van der Waals surface area (Å²) in [6.07, 6.45) is 20.6. The molecule has 2 atom stereocenters. The fourth-order valence-electron chi connectivity index (χ4n) is 5.08. The highest BCUT2D eigenvalue weighted by molar-refractivity contribution is 5.85. The number of hydrogen-bond donors (Lipinski definition) is 1. The molecule has 1 aromatic carbocycles. The van der Waals surface area contributed by atoms with Crippen molar-refractivity contribution in [2.45, 2.75) is 161 Å². The summed E-state index contributed by atoms with van der Waals surface area (Å²) in [6, 6.07) is 8.08. The van der Waals surface area contributed by atoms with Crippen molar-refractivity contribution in [1.29, 1.82) is 0 Å². The van der Waals surface area contributed by atoms with E-state index < -0.39 is 18.1 Å². The minimum absolute atomic E-state index is 0.178. The minimum atomic E-state index is -1.09. The molecule has 1 amide bonds. The third kappa shape index (κ3) is 18.6. The van der Waals surface area contributed by atoms with Crippen molar-refractivity contribution in [3.05, 3.63) is 35.9 Å². The highest BCUT2D eigenvalue weighted by Gasteiger charge is 2.35. The Balaban J connectivity index is 2.63. The third-order valence-electron chi connectivity index (χ3n) is 7.54. The van der Waals surface area contributed by atoms with E-state index in [0.717, 1.165) is 38.5 Å². The smallest absolute Gasteiger partial charge is 0.332 e. The molecule has 0 aliphatic carbocycles. The van der Waals surface area contributed by atoms with Crippen LogP contribution >= 0.6 is 0 Å². The van der Waals surface area contributed by atoms with Gasteiger partial charge in [0.25, 0.3) is 0 Å². The number of rotatable bonds is 26. The van der Waals surface area contributed by atoms with E-state index in [1.807, 2.05) is 30.3 Å². The van der Waals surface area contributed by atoms with Gasteiger partial charge in [0.2, 0.25) is 5.91 Å². The van der Waals surface area contributed by atoms with E-state index in [1.165, 1.54) is 77.0 Å². The van der Waals surface area contributed by atoms with Crippen LogP contribution in [0, 0.1) is 0 Å². The Labute approximate surface area is 250 Å². The molecular formula is C35H59NO5. The lowest BCUT2D eigenvalue weighted by molar-refractivity contribution is -0.160. The summed E-state index contributed by atoms with van der Waals surface area (Å²) in [5, 5.41) is 2.84. The van der Waals surface area contributed by atoms with Crippen molar-refractivity contribution in [2.75, 3.05) is 6.61 Å². The van der Waals surface area contributed by atoms with Crippen molar-refractivity contribution < 1.29 is 23.9 Å². The second-order valence-corrected chi connectivity index (χ2v) is 11.3. The minimum Gasteiger partial charge on any atom is -0.464 e. The lowest BCUT2D eigenvalue weighted by Gasteiger charge is -2.27. The van der Waals surface area contributed by atoms with Crippen molar-refractivity contribution in [1.82, 2.24) is 5.32 Å². The maximum atomic E-state index is 13.0. The first-order valence-electron chi connectivity index (χ1n) is 16.7. The maximum absolute atomic E-state index is 13.0. The zero-order valence-electron chi connectivity index (χ0n) is 26.4. The number of esters is 2. The maximum Gasteiger partial charge on any atom is 0.332 e. The van der Waals surface area contributed by atoms with Crippen LogP contribution in [0.5, 0.6) is 0 Å². The summed E-state index contributed by atoms with van der Waals surface area (Å²) in [7, 11) is 0. The number of nitrogens with one attached hydrogen (secondary N) is 1. The Hall–Kier alpha value is -2.37. The van der Waals surface area contributed by atoms with Crippen LogP contribution in [0.25, 0.3) is 0 Å². The van der Waals surface area contributed by atoms with Crippen molar-refractivity contribution >= 4 is 17.8 Å². The molecular weight excluding hydrogens is 514 g/mol. The molecule has 0 aliphatic rings. The number of ether oxygens (including phenoxy) is 2. The first-order valence-corrected chi connectivity index (χ1v) is 16.7. The number of carbonyl (C=O) groups excluding carboxylic acids is 3. The van der Waals surface area contributed by atoms with Gasteiger partial charge in [-0.2, -0.15) is 0 Å². The third-order valence-corrected chi connectivity index (χ3v) is 7.54. The van der Waals surface area contributed by atoms with E-state index in [2.05, 4.69) is 19.2 Å². The van der Waals surface area contributed by atoms with Gasteiger partial charge in [0.1, 0.15) is 0 Å². The van der Waals surface area contributed by atoms with E-state index in [4.69, 9.17) is 9.47 Å². The van der Waals surface area contributed by atoms with Gasteiger partial charge in [0.05, 0.1) is 6.61 Å². The van der Waals surface area contributed by atoms with E-state index in [-0.39, 0.29) is 18.5 Å². The standard InChI is InChI=1S/C35H59NO5/c1-4-7-9-11-13-15-17-19-24-28-31(37)36-33(35(39)40-6-3)34(30-26-22-21-23-27-30)41-32(38)29-25-20-18-16-14-12-10-8-5-2/h21-23,26-27,33-34H,4-20,24-25,28-29H2,1-3H3,(H,36,37)/t33-,34+/m1/s1. The molecule has 1 N–H and O–H groups in total. The predicted octanol–water partition coefficient (Wildman–Crippen LogP) is 9.16. The second kappa shape index (κ2) is 25.3. The van der Waals surface area contributed by atoms with Gasteiger partial charge in [-0.25, -0.2) is 4.79 Å². The molecule has 0 fully saturated rings. The van der Waals surface area contributed by atoms with Gasteiger partial charge in [-0.3, -0.25) is 9.59 Å². The van der Waals surface area contributed by atoms with Crippen LogP contribution < -0.4 is 5.32 Å². The van der Waals surface area contributed by atoms with E-state index in [9.17, 15) is 14.4 Å². The molecule has 0 bridgehead atoms. The quantitative estimate of drug-likeness (QED) is 0.0882. The predicted molar refractivity (Wildman–Crippen MR) is 168 cm³/mol. The molecule has 234 valence electrons. The SMILES string of the molecule is CCCCCCCCCCCC(=O)N[C@@H](C(=O)OCC)[C@@H](OC(=O)CCCCCCCCCCC)c1ccccc1. The zero-order chi connectivity index (χ0) is 30.0. The summed E-state index contributed by atoms with van der Waals surface area (Å²) in [6.45, 7) is 6.36. The van der Waals surface area contributed by atoms with Gasteiger partial charge in [0, 0.05) is 12.8 Å². The molecule has 0 saturated heterocycles. The molecule has 6 nitrogen and oxygen atoms in total. The van der Waals surface area contributed by atoms with Gasteiger partial charge in [-0.05, 0) is 25.3 Å². The molecule has 0 radical (unpaired) electrons. The molecule has 0 saturated carbocycles. The van der Waals surface area contributed by atoms with Gasteiger partial charge in [-0.1, -0.05) is 147 Å². The molecule has 0 aliphatic heterocycles. The van der Waals surface area contributed by atoms with Crippen LogP contribution in [0.4, 0.5) is 0 Å². The number of carbonyl (C=O) groups is 3. The van der Waals surface area contributed by atoms with Gasteiger partial charge < -0.3 is 14.8 Å². The summed E-state index contributed by atoms with van der Waals surface area (Å²) in [5.41, 5.74) is 0.661. The normalized spacial score (nSPS) is 12.5. The Morgan fingerprint density at radius 3 is 1.59 bits per heavy atom. The largest absolute Gasteiger partial charge is 0.464 e. The Morgan fingerprint density at radius 2 is 1.10 bits per heavy atom. The Morgan fingerprint density at radius 1 is 0.634 bits per heavy atom. The Bertz CT molecular complexity index is 797. The summed E-state index contributed by atoms with van der Waals surface area (Å²) in [5.74, 6) is -1.16. The summed E-state index contributed by atoms with van der Waals surface area (Å²) >= 11 is 0. The van der Waals surface area contributed by atoms with Crippen LogP contribution in [0.2, 0.25) is 0 Å². The number of hydrogen-bond acceptors (Lipinski definition) is 5. The summed E-state index contributed by atoms with van der Waals surface area (Å²) in [4.78, 5) is 38.8. The van der Waals surface area contributed by atoms with E-state index in [1.54, 1.807) is 6.92 Å². The molecule has 1 rings (SSSR count). The number of amides is 1.